The van der Waals surface area contributed by atoms with Crippen molar-refractivity contribution in [2.75, 3.05) is 4.90 Å². The smallest absolute Gasteiger partial charge is 0.238 e. The molecule has 4 atom stereocenters. The van der Waals surface area contributed by atoms with Gasteiger partial charge in [-0.2, -0.15) is 0 Å². The third-order valence-corrected chi connectivity index (χ3v) is 22.7. The molecule has 18 rings (SSSR count). The van der Waals surface area contributed by atoms with Crippen molar-refractivity contribution in [3.05, 3.63) is 460 Å². The van der Waals surface area contributed by atoms with E-state index in [4.69, 9.17) is 66.3 Å². The van der Waals surface area contributed by atoms with Gasteiger partial charge in [0.15, 0.2) is 0 Å². The molecule has 1 aliphatic heterocycles. The number of allylic oxidation sites excluding steroid dienone is 2. The Morgan fingerprint density at radius 1 is 0.177 bits per heavy atom. The molecule has 1 saturated heterocycles. The summed E-state index contributed by atoms with van der Waals surface area (Å²) in [7, 11) is 0. The Kier molecular flexibility index (Phi) is 27.6. The molecule has 1 heterocycles. The Hall–Kier alpha value is -15.6. The Morgan fingerprint density at radius 2 is 0.315 bits per heavy atom. The zero-order valence-electron chi connectivity index (χ0n) is 71.8. The number of hydrogen-bond acceptors (Lipinski definition) is 16. The van der Waals surface area contributed by atoms with Crippen molar-refractivity contribution in [1.82, 2.24) is 0 Å². The number of fused-ring (bicyclic) bond motifs is 5. The summed E-state index contributed by atoms with van der Waals surface area (Å²) in [5.41, 5.74) is 12.9. The Bertz CT molecular complexity index is 5370. The summed E-state index contributed by atoms with van der Waals surface area (Å²) < 4.78 is 92.8. The first-order valence-electron chi connectivity index (χ1n) is 43.7. The van der Waals surface area contributed by atoms with Crippen molar-refractivity contribution in [1.29, 1.82) is 0 Å². The van der Waals surface area contributed by atoms with Gasteiger partial charge in [0, 0.05) is 54.6 Å². The molecule has 0 N–H and O–H groups in total. The average molecular weight is 1730 g/mol. The number of carbonyl (C=O) groups excluding carboxylic acids is 2. The molecule has 15 aromatic rings. The summed E-state index contributed by atoms with van der Waals surface area (Å²) in [5.74, 6) is 5.81. The number of carbonyl (C=O) groups is 2. The normalized spacial score (nSPS) is 14.5. The molecule has 1 saturated carbocycles. The fourth-order valence-electron chi connectivity index (χ4n) is 16.2. The topological polar surface area (TPSA) is 167 Å². The maximum absolute atomic E-state index is 14.9. The molecule has 2 amide bonds. The number of amides is 2. The minimum Gasteiger partial charge on any atom is -0.489 e. The molecule has 650 valence electrons. The van der Waals surface area contributed by atoms with Gasteiger partial charge in [-0.25, -0.2) is 4.90 Å². The highest BCUT2D eigenvalue weighted by Gasteiger charge is 2.59. The van der Waals surface area contributed by atoms with Crippen LogP contribution in [0, 0.1) is 23.7 Å². The summed E-state index contributed by atoms with van der Waals surface area (Å²) in [4.78, 5) is 31.2. The molecule has 0 unspecified atom stereocenters. The number of hydrogen-bond donors (Lipinski definition) is 0. The predicted molar refractivity (Wildman–Crippen MR) is 497 cm³/mol. The molecule has 17 nitrogen and oxygen atoms in total. The minimum absolute atomic E-state index is 0.0380. The molecule has 15 aromatic carbocycles. The molecule has 2 fully saturated rings. The predicted octanol–water partition coefficient (Wildman–Crippen LogP) is 24.1. The number of imide groups is 1. The van der Waals surface area contributed by atoms with Crippen LogP contribution in [0.15, 0.2) is 382 Å². The van der Waals surface area contributed by atoms with Crippen molar-refractivity contribution >= 4 is 17.5 Å². The van der Waals surface area contributed by atoms with Gasteiger partial charge in [0.05, 0.1) is 17.5 Å². The van der Waals surface area contributed by atoms with Gasteiger partial charge in [-0.1, -0.05) is 255 Å². The van der Waals surface area contributed by atoms with Gasteiger partial charge in [-0.3, -0.25) is 9.59 Å². The van der Waals surface area contributed by atoms with Gasteiger partial charge in [-0.05, 0) is 169 Å². The van der Waals surface area contributed by atoms with Crippen LogP contribution < -0.4 is 71.2 Å². The van der Waals surface area contributed by atoms with E-state index in [0.29, 0.717) is 150 Å². The van der Waals surface area contributed by atoms with E-state index in [1.165, 1.54) is 4.90 Å². The lowest BCUT2D eigenvalue weighted by Crippen LogP contribution is -2.32. The van der Waals surface area contributed by atoms with Gasteiger partial charge < -0.3 is 66.3 Å². The second kappa shape index (κ2) is 42.1. The first kappa shape index (κ1) is 85.2. The van der Waals surface area contributed by atoms with Crippen LogP contribution in [-0.2, 0) is 102 Å². The summed E-state index contributed by atoms with van der Waals surface area (Å²) in [6.07, 6.45) is 4.94. The quantitative estimate of drug-likeness (QED) is 0.0261. The molecule has 0 radical (unpaired) electrons. The Balaban J connectivity index is 0.659. The standard InChI is InChI=1S/C113H97NO16/c115-112-110-93-41-42-94(55-93)111(110)113(116)114(112)95-56-108(129-77-91-51-104(125-73-87-43-96(117-65-79-25-9-1-10-26-79)58-97(44-87)118-66-80-27-11-2-12-28-80)62-105(52-91)126-74-88-45-98(119-67-81-29-13-3-14-30-81)59-99(46-88)120-68-82-31-15-4-16-32-82)64-109(57-95)130-78-92-53-106(127-75-89-47-100(121-69-83-33-17-5-18-34-83)60-101(48-89)122-70-84-35-19-6-20-36-84)63-107(54-92)128-76-90-49-102(123-71-85-37-21-7-22-38-85)61-103(50-90)124-72-86-39-23-8-24-40-86/h1-54,56-64,93-94,110-111H,55,65-78H2/t93-,94+,110+,111-. The number of ether oxygens (including phenoxy) is 14. The molecule has 2 aliphatic carbocycles. The van der Waals surface area contributed by atoms with E-state index in [9.17, 15) is 9.59 Å². The Morgan fingerprint density at radius 3 is 0.469 bits per heavy atom. The SMILES string of the molecule is O=C1[C@@H]2[C@H](C(=O)N1c1cc(OCc3cc(OCc4cc(OCc5ccccc5)cc(OCc5ccccc5)c4)cc(OCc4cc(OCc5ccccc5)cc(OCc5ccccc5)c4)c3)cc(OCc3cc(OCc4cc(OCc5ccccc5)cc(OCc5ccccc5)c4)cc(OCc4cc(OCc5ccccc5)cc(OCc5ccccc5)c4)c3)c1)[C@H]1C=C[C@@H]2C1. The maximum atomic E-state index is 14.9. The van der Waals surface area contributed by atoms with Crippen LogP contribution in [0.1, 0.15) is 84.3 Å². The highest BCUT2D eigenvalue weighted by molar-refractivity contribution is 6.23. The zero-order chi connectivity index (χ0) is 87.8. The Labute approximate surface area is 757 Å². The summed E-state index contributed by atoms with van der Waals surface area (Å²) >= 11 is 0. The van der Waals surface area contributed by atoms with Crippen molar-refractivity contribution in [3.8, 4) is 80.5 Å². The van der Waals surface area contributed by atoms with Gasteiger partial charge >= 0.3 is 0 Å². The van der Waals surface area contributed by atoms with E-state index >= 15 is 0 Å². The van der Waals surface area contributed by atoms with E-state index in [2.05, 4.69) is 12.2 Å². The maximum Gasteiger partial charge on any atom is 0.238 e. The summed E-state index contributed by atoms with van der Waals surface area (Å²) in [6, 6.07) is 120. The summed E-state index contributed by atoms with van der Waals surface area (Å²) in [6.45, 7) is 3.06. The minimum atomic E-state index is -0.482. The van der Waals surface area contributed by atoms with E-state index in [-0.39, 0.29) is 63.3 Å². The average Bonchev–Trinajstić information content (AvgIpc) is 1.56. The molecular formula is C113H97NO16. The first-order chi connectivity index (χ1) is 64.1. The van der Waals surface area contributed by atoms with Crippen molar-refractivity contribution in [3.63, 3.8) is 0 Å². The molecular weight excluding hydrogens is 1630 g/mol. The van der Waals surface area contributed by atoms with E-state index in [1.54, 1.807) is 18.2 Å². The second-order valence-electron chi connectivity index (χ2n) is 32.5. The third-order valence-electron chi connectivity index (χ3n) is 22.7. The van der Waals surface area contributed by atoms with Crippen molar-refractivity contribution < 1.29 is 75.9 Å². The number of rotatable bonds is 43. The molecule has 2 bridgehead atoms. The summed E-state index contributed by atoms with van der Waals surface area (Å²) in [5, 5.41) is 0. The van der Waals surface area contributed by atoms with Gasteiger partial charge in [0.2, 0.25) is 11.8 Å². The molecule has 130 heavy (non-hydrogen) atoms. The monoisotopic (exact) mass is 1720 g/mol. The fourth-order valence-corrected chi connectivity index (χ4v) is 16.2. The van der Waals surface area contributed by atoms with Crippen LogP contribution >= 0.6 is 0 Å². The van der Waals surface area contributed by atoms with Crippen molar-refractivity contribution in [2.24, 2.45) is 23.7 Å². The van der Waals surface area contributed by atoms with Crippen LogP contribution in [-0.4, -0.2) is 11.8 Å². The lowest BCUT2D eigenvalue weighted by atomic mass is 9.85. The highest BCUT2D eigenvalue weighted by Crippen LogP contribution is 2.54. The molecule has 0 aromatic heterocycles. The van der Waals surface area contributed by atoms with Crippen molar-refractivity contribution in [2.45, 2.75) is 98.9 Å². The lowest BCUT2D eigenvalue weighted by Gasteiger charge is -2.20. The van der Waals surface area contributed by atoms with Crippen LogP contribution in [0.2, 0.25) is 0 Å². The lowest BCUT2D eigenvalue weighted by molar-refractivity contribution is -0.123. The number of benzene rings is 15. The number of anilines is 1. The van der Waals surface area contributed by atoms with Gasteiger partial charge in [0.1, 0.15) is 173 Å². The molecule has 17 heteroatoms. The van der Waals surface area contributed by atoms with Gasteiger partial charge in [0.25, 0.3) is 0 Å². The van der Waals surface area contributed by atoms with Crippen LogP contribution in [0.3, 0.4) is 0 Å². The molecule has 0 spiro atoms. The van der Waals surface area contributed by atoms with Gasteiger partial charge in [-0.15, -0.1) is 0 Å². The first-order valence-corrected chi connectivity index (χ1v) is 43.7. The fraction of sp³-hybridized carbons (Fsp3) is 0.168. The highest BCUT2D eigenvalue weighted by atomic mass is 16.5. The zero-order valence-corrected chi connectivity index (χ0v) is 71.8. The van der Waals surface area contributed by atoms with E-state index in [1.807, 2.05) is 352 Å². The third kappa shape index (κ3) is 23.5. The number of nitrogens with zero attached hydrogens (tertiary/aromatic N) is 1. The van der Waals surface area contributed by atoms with Crippen LogP contribution in [0.5, 0.6) is 80.5 Å². The van der Waals surface area contributed by atoms with Crippen LogP contribution in [0.4, 0.5) is 5.69 Å². The largest absolute Gasteiger partial charge is 0.489 e. The van der Waals surface area contributed by atoms with E-state index < -0.39 is 11.8 Å². The van der Waals surface area contributed by atoms with E-state index in [0.717, 1.165) is 73.2 Å². The molecule has 3 aliphatic rings. The second-order valence-corrected chi connectivity index (χ2v) is 32.5. The van der Waals surface area contributed by atoms with Crippen LogP contribution in [0.25, 0.3) is 0 Å².